The predicted octanol–water partition coefficient (Wildman–Crippen LogP) is 3.22. The van der Waals surface area contributed by atoms with E-state index in [0.29, 0.717) is 5.69 Å². The van der Waals surface area contributed by atoms with Crippen molar-refractivity contribution in [3.05, 3.63) is 65.2 Å². The lowest BCUT2D eigenvalue weighted by Crippen LogP contribution is -2.50. The molecule has 0 saturated heterocycles. The first kappa shape index (κ1) is 26.4. The van der Waals surface area contributed by atoms with Gasteiger partial charge in [-0.05, 0) is 42.5 Å². The summed E-state index contributed by atoms with van der Waals surface area (Å²) in [5.74, 6) is -0.783. The standard InChI is InChI=1S/C25H35N3O4S/c1-18-9-8-10-20(15-18)16-27(19(2)24(30)26-6)23(29)17-28(33(7,31)32)22-13-11-21(12-14-22)25(3,4)5/h8-15,19H,16-17H2,1-7H3,(H,26,30). The Labute approximate surface area is 197 Å². The Morgan fingerprint density at radius 2 is 1.67 bits per heavy atom. The number of carbonyl (C=O) groups is 2. The van der Waals surface area contributed by atoms with Crippen molar-refractivity contribution >= 4 is 27.5 Å². The lowest BCUT2D eigenvalue weighted by Gasteiger charge is -2.31. The van der Waals surface area contributed by atoms with Crippen LogP contribution in [0.4, 0.5) is 5.69 Å². The van der Waals surface area contributed by atoms with Gasteiger partial charge in [0, 0.05) is 13.6 Å². The molecule has 1 unspecified atom stereocenters. The van der Waals surface area contributed by atoms with Crippen molar-refractivity contribution in [3.63, 3.8) is 0 Å². The van der Waals surface area contributed by atoms with Crippen LogP contribution < -0.4 is 9.62 Å². The second-order valence-electron chi connectivity index (χ2n) is 9.37. The molecule has 1 N–H and O–H groups in total. The first-order valence-corrected chi connectivity index (χ1v) is 12.7. The van der Waals surface area contributed by atoms with Gasteiger partial charge in [0.2, 0.25) is 21.8 Å². The number of benzene rings is 2. The van der Waals surface area contributed by atoms with E-state index in [1.165, 1.54) is 11.9 Å². The van der Waals surface area contributed by atoms with Crippen LogP contribution in [0.25, 0.3) is 0 Å². The topological polar surface area (TPSA) is 86.8 Å². The summed E-state index contributed by atoms with van der Waals surface area (Å²) in [6, 6.07) is 14.0. The molecular weight excluding hydrogens is 438 g/mol. The molecular formula is C25H35N3O4S. The minimum atomic E-state index is -3.74. The zero-order valence-corrected chi connectivity index (χ0v) is 21.4. The molecule has 0 saturated carbocycles. The normalized spacial score (nSPS) is 12.7. The highest BCUT2D eigenvalue weighted by molar-refractivity contribution is 7.92. The highest BCUT2D eigenvalue weighted by atomic mass is 32.2. The van der Waals surface area contributed by atoms with Crippen LogP contribution in [0.1, 0.15) is 44.4 Å². The van der Waals surface area contributed by atoms with E-state index in [2.05, 4.69) is 26.1 Å². The van der Waals surface area contributed by atoms with E-state index in [4.69, 9.17) is 0 Å². The molecule has 8 heteroatoms. The monoisotopic (exact) mass is 473 g/mol. The van der Waals surface area contributed by atoms with Crippen molar-refractivity contribution in [3.8, 4) is 0 Å². The number of aryl methyl sites for hydroxylation is 1. The number of carbonyl (C=O) groups excluding carboxylic acids is 2. The van der Waals surface area contributed by atoms with Crippen molar-refractivity contribution < 1.29 is 18.0 Å². The van der Waals surface area contributed by atoms with Crippen LogP contribution in [0.2, 0.25) is 0 Å². The fraction of sp³-hybridized carbons (Fsp3) is 0.440. The number of anilines is 1. The van der Waals surface area contributed by atoms with Crippen LogP contribution >= 0.6 is 0 Å². The average molecular weight is 474 g/mol. The summed E-state index contributed by atoms with van der Waals surface area (Å²) in [6.07, 6.45) is 1.07. The summed E-state index contributed by atoms with van der Waals surface area (Å²) in [5, 5.41) is 2.57. The van der Waals surface area contributed by atoms with Crippen LogP contribution in [0.5, 0.6) is 0 Å². The van der Waals surface area contributed by atoms with Crippen molar-refractivity contribution in [2.75, 3.05) is 24.2 Å². The van der Waals surface area contributed by atoms with Crippen LogP contribution in [0, 0.1) is 6.92 Å². The van der Waals surface area contributed by atoms with Gasteiger partial charge >= 0.3 is 0 Å². The maximum atomic E-state index is 13.4. The van der Waals surface area contributed by atoms with E-state index in [-0.39, 0.29) is 17.9 Å². The van der Waals surface area contributed by atoms with Crippen molar-refractivity contribution in [1.82, 2.24) is 10.2 Å². The van der Waals surface area contributed by atoms with Crippen LogP contribution in [-0.4, -0.2) is 51.0 Å². The third kappa shape index (κ3) is 7.05. The highest BCUT2D eigenvalue weighted by Gasteiger charge is 2.29. The summed E-state index contributed by atoms with van der Waals surface area (Å²) >= 11 is 0. The molecule has 0 fully saturated rings. The quantitative estimate of drug-likeness (QED) is 0.638. The van der Waals surface area contributed by atoms with E-state index >= 15 is 0 Å². The molecule has 0 aromatic heterocycles. The first-order valence-electron chi connectivity index (χ1n) is 10.9. The molecule has 0 spiro atoms. The summed E-state index contributed by atoms with van der Waals surface area (Å²) in [7, 11) is -2.23. The summed E-state index contributed by atoms with van der Waals surface area (Å²) in [5.41, 5.74) is 3.27. The fourth-order valence-electron chi connectivity index (χ4n) is 3.54. The third-order valence-corrected chi connectivity index (χ3v) is 6.69. The number of hydrogen-bond donors (Lipinski definition) is 1. The highest BCUT2D eigenvalue weighted by Crippen LogP contribution is 2.26. The summed E-state index contributed by atoms with van der Waals surface area (Å²) < 4.78 is 26.3. The molecule has 2 amide bonds. The van der Waals surface area contributed by atoms with Gasteiger partial charge in [-0.25, -0.2) is 8.42 Å². The first-order chi connectivity index (χ1) is 15.2. The molecule has 0 aliphatic heterocycles. The molecule has 0 bridgehead atoms. The molecule has 0 heterocycles. The number of sulfonamides is 1. The van der Waals surface area contributed by atoms with E-state index in [0.717, 1.165) is 27.3 Å². The van der Waals surface area contributed by atoms with Crippen LogP contribution in [0.3, 0.4) is 0 Å². The Morgan fingerprint density at radius 3 is 2.15 bits per heavy atom. The number of likely N-dealkylation sites (N-methyl/N-ethyl adjacent to an activating group) is 1. The van der Waals surface area contributed by atoms with E-state index in [1.807, 2.05) is 43.3 Å². The lowest BCUT2D eigenvalue weighted by molar-refractivity contribution is -0.139. The molecule has 2 aromatic carbocycles. The Bertz CT molecular complexity index is 1090. The van der Waals surface area contributed by atoms with Gasteiger partial charge in [0.05, 0.1) is 11.9 Å². The summed E-state index contributed by atoms with van der Waals surface area (Å²) in [6.45, 7) is 9.59. The van der Waals surface area contributed by atoms with Gasteiger partial charge in [-0.2, -0.15) is 0 Å². The van der Waals surface area contributed by atoms with Gasteiger partial charge < -0.3 is 10.2 Å². The molecule has 0 aliphatic rings. The fourth-order valence-corrected chi connectivity index (χ4v) is 4.39. The van der Waals surface area contributed by atoms with Crippen LogP contribution in [-0.2, 0) is 31.6 Å². The number of nitrogens with one attached hydrogen (secondary N) is 1. The molecule has 180 valence electrons. The maximum Gasteiger partial charge on any atom is 0.244 e. The van der Waals surface area contributed by atoms with Gasteiger partial charge in [-0.3, -0.25) is 13.9 Å². The number of nitrogens with zero attached hydrogens (tertiary/aromatic N) is 2. The van der Waals surface area contributed by atoms with Gasteiger partial charge in [0.1, 0.15) is 12.6 Å². The molecule has 2 rings (SSSR count). The SMILES string of the molecule is CNC(=O)C(C)N(Cc1cccc(C)c1)C(=O)CN(c1ccc(C(C)(C)C)cc1)S(C)(=O)=O. The number of rotatable bonds is 8. The third-order valence-electron chi connectivity index (χ3n) is 5.55. The summed E-state index contributed by atoms with van der Waals surface area (Å²) in [4.78, 5) is 27.2. The molecule has 0 aliphatic carbocycles. The van der Waals surface area contributed by atoms with Crippen LogP contribution in [0.15, 0.2) is 48.5 Å². The molecule has 2 aromatic rings. The zero-order valence-electron chi connectivity index (χ0n) is 20.5. The van der Waals surface area contributed by atoms with E-state index in [1.54, 1.807) is 19.1 Å². The number of hydrogen-bond acceptors (Lipinski definition) is 4. The zero-order chi connectivity index (χ0) is 25.0. The molecule has 1 atom stereocenters. The predicted molar refractivity (Wildman–Crippen MR) is 133 cm³/mol. The Morgan fingerprint density at radius 1 is 1.06 bits per heavy atom. The number of amides is 2. The average Bonchev–Trinajstić information content (AvgIpc) is 2.73. The van der Waals surface area contributed by atoms with Crippen molar-refractivity contribution in [2.45, 2.75) is 52.6 Å². The molecule has 7 nitrogen and oxygen atoms in total. The van der Waals surface area contributed by atoms with Crippen molar-refractivity contribution in [2.24, 2.45) is 0 Å². The van der Waals surface area contributed by atoms with E-state index < -0.39 is 28.5 Å². The van der Waals surface area contributed by atoms with Gasteiger partial charge in [-0.1, -0.05) is 62.7 Å². The van der Waals surface area contributed by atoms with Gasteiger partial charge in [0.25, 0.3) is 0 Å². The molecule has 0 radical (unpaired) electrons. The Kier molecular flexibility index (Phi) is 8.30. The Hall–Kier alpha value is -2.87. The lowest BCUT2D eigenvalue weighted by atomic mass is 9.87. The second kappa shape index (κ2) is 10.4. The van der Waals surface area contributed by atoms with E-state index in [9.17, 15) is 18.0 Å². The smallest absolute Gasteiger partial charge is 0.244 e. The van der Waals surface area contributed by atoms with Gasteiger partial charge in [0.15, 0.2) is 0 Å². The second-order valence-corrected chi connectivity index (χ2v) is 11.3. The Balaban J connectivity index is 2.39. The van der Waals surface area contributed by atoms with Gasteiger partial charge in [-0.15, -0.1) is 0 Å². The molecule has 33 heavy (non-hydrogen) atoms. The minimum Gasteiger partial charge on any atom is -0.357 e. The van der Waals surface area contributed by atoms with Crippen molar-refractivity contribution in [1.29, 1.82) is 0 Å². The maximum absolute atomic E-state index is 13.4. The minimum absolute atomic E-state index is 0.0855. The largest absolute Gasteiger partial charge is 0.357 e.